The first-order valence-electron chi connectivity index (χ1n) is 7.36. The molecule has 0 spiro atoms. The Bertz CT molecular complexity index is 456. The van der Waals surface area contributed by atoms with Gasteiger partial charge in [0.05, 0.1) is 17.1 Å². The number of pyridine rings is 1. The molecule has 0 saturated heterocycles. The van der Waals surface area contributed by atoms with Crippen LogP contribution in [0.15, 0.2) is 12.1 Å². The third-order valence-corrected chi connectivity index (χ3v) is 3.59. The van der Waals surface area contributed by atoms with Crippen molar-refractivity contribution in [2.45, 2.75) is 51.5 Å². The lowest BCUT2D eigenvalue weighted by Crippen LogP contribution is -2.19. The Morgan fingerprint density at radius 3 is 2.50 bits per heavy atom. The van der Waals surface area contributed by atoms with Crippen molar-refractivity contribution in [1.82, 2.24) is 4.98 Å². The summed E-state index contributed by atoms with van der Waals surface area (Å²) in [4.78, 5) is 15.0. The Balaban J connectivity index is 2.14. The maximum absolute atomic E-state index is 11.0. The molecule has 1 fully saturated rings. The number of nitro groups is 1. The summed E-state index contributed by atoms with van der Waals surface area (Å²) < 4.78 is 0. The molecule has 1 aliphatic carbocycles. The van der Waals surface area contributed by atoms with Crippen molar-refractivity contribution >= 4 is 17.3 Å². The number of nitrogens with zero attached hydrogens (tertiary/aromatic N) is 2. The Kier molecular flexibility index (Phi) is 5.15. The second-order valence-corrected chi connectivity index (χ2v) is 5.22. The molecule has 0 amide bonds. The van der Waals surface area contributed by atoms with Crippen molar-refractivity contribution in [1.29, 1.82) is 0 Å². The number of anilines is 2. The van der Waals surface area contributed by atoms with Crippen LogP contribution in [0.5, 0.6) is 0 Å². The van der Waals surface area contributed by atoms with E-state index in [1.54, 1.807) is 0 Å². The Hall–Kier alpha value is -1.85. The monoisotopic (exact) mass is 278 g/mol. The predicted octanol–water partition coefficient (Wildman–Crippen LogP) is 3.56. The van der Waals surface area contributed by atoms with Crippen molar-refractivity contribution in [2.75, 3.05) is 17.2 Å². The molecule has 2 rings (SSSR count). The van der Waals surface area contributed by atoms with Crippen LogP contribution in [-0.4, -0.2) is 22.5 Å². The molecular formula is C14H22N4O2. The van der Waals surface area contributed by atoms with Crippen LogP contribution in [0.2, 0.25) is 0 Å². The Morgan fingerprint density at radius 1 is 1.25 bits per heavy atom. The predicted molar refractivity (Wildman–Crippen MR) is 80.2 cm³/mol. The molecule has 1 aromatic heterocycles. The number of hydrogen-bond acceptors (Lipinski definition) is 5. The summed E-state index contributed by atoms with van der Waals surface area (Å²) in [6.45, 7) is 2.63. The van der Waals surface area contributed by atoms with Gasteiger partial charge in [0.1, 0.15) is 11.6 Å². The normalized spacial score (nSPS) is 16.4. The summed E-state index contributed by atoms with van der Waals surface area (Å²) in [5.74, 6) is 1.15. The summed E-state index contributed by atoms with van der Waals surface area (Å²) in [5.41, 5.74) is 0.0760. The van der Waals surface area contributed by atoms with Crippen molar-refractivity contribution in [3.8, 4) is 0 Å². The van der Waals surface area contributed by atoms with Gasteiger partial charge in [0.15, 0.2) is 0 Å². The van der Waals surface area contributed by atoms with Gasteiger partial charge in [-0.25, -0.2) is 4.98 Å². The van der Waals surface area contributed by atoms with Gasteiger partial charge < -0.3 is 10.6 Å². The molecule has 0 unspecified atom stereocenters. The van der Waals surface area contributed by atoms with E-state index < -0.39 is 0 Å². The van der Waals surface area contributed by atoms with E-state index in [1.165, 1.54) is 37.8 Å². The fraction of sp³-hybridized carbons (Fsp3) is 0.643. The minimum absolute atomic E-state index is 0.0760. The minimum Gasteiger partial charge on any atom is -0.370 e. The first-order chi connectivity index (χ1) is 9.69. The van der Waals surface area contributed by atoms with Crippen molar-refractivity contribution in [2.24, 2.45) is 0 Å². The molecule has 0 bridgehead atoms. The summed E-state index contributed by atoms with van der Waals surface area (Å²) in [6.07, 6.45) is 7.22. The van der Waals surface area contributed by atoms with Crippen LogP contribution < -0.4 is 10.6 Å². The van der Waals surface area contributed by atoms with Crippen molar-refractivity contribution < 1.29 is 4.92 Å². The van der Waals surface area contributed by atoms with Gasteiger partial charge in [-0.3, -0.25) is 10.1 Å². The smallest absolute Gasteiger partial charge is 0.276 e. The SMILES string of the molecule is CCNc1cc([N+](=O)[O-])cc(NC2CCCCCC2)n1. The number of nitrogens with one attached hydrogen (secondary N) is 2. The fourth-order valence-electron chi connectivity index (χ4n) is 2.60. The highest BCUT2D eigenvalue weighted by molar-refractivity contribution is 5.55. The summed E-state index contributed by atoms with van der Waals surface area (Å²) >= 11 is 0. The molecule has 1 aromatic rings. The molecule has 20 heavy (non-hydrogen) atoms. The van der Waals surface area contributed by atoms with Crippen LogP contribution >= 0.6 is 0 Å². The van der Waals surface area contributed by atoms with Gasteiger partial charge in [-0.2, -0.15) is 0 Å². The molecule has 0 atom stereocenters. The Labute approximate surface area is 119 Å². The molecule has 0 aliphatic heterocycles. The average Bonchev–Trinajstić information content (AvgIpc) is 2.67. The molecule has 1 heterocycles. The van der Waals surface area contributed by atoms with Crippen LogP contribution in [0.3, 0.4) is 0 Å². The molecule has 0 aromatic carbocycles. The maximum atomic E-state index is 11.0. The third-order valence-electron chi connectivity index (χ3n) is 3.59. The molecule has 110 valence electrons. The minimum atomic E-state index is -0.374. The van der Waals surface area contributed by atoms with E-state index in [0.29, 0.717) is 24.2 Å². The summed E-state index contributed by atoms with van der Waals surface area (Å²) in [7, 11) is 0. The molecule has 1 aliphatic rings. The largest absolute Gasteiger partial charge is 0.370 e. The summed E-state index contributed by atoms with van der Waals surface area (Å²) in [6, 6.07) is 3.37. The molecule has 1 saturated carbocycles. The molecule has 6 heteroatoms. The van der Waals surface area contributed by atoms with Crippen LogP contribution in [0, 0.1) is 10.1 Å². The van der Waals surface area contributed by atoms with Gasteiger partial charge in [-0.15, -0.1) is 0 Å². The van der Waals surface area contributed by atoms with Crippen LogP contribution in [0.1, 0.15) is 45.4 Å². The highest BCUT2D eigenvalue weighted by Gasteiger charge is 2.16. The molecule has 2 N–H and O–H groups in total. The van der Waals surface area contributed by atoms with Gasteiger partial charge in [0, 0.05) is 12.6 Å². The molecule has 6 nitrogen and oxygen atoms in total. The van der Waals surface area contributed by atoms with Gasteiger partial charge in [0.25, 0.3) is 5.69 Å². The highest BCUT2D eigenvalue weighted by Crippen LogP contribution is 2.24. The van der Waals surface area contributed by atoms with E-state index >= 15 is 0 Å². The molecular weight excluding hydrogens is 256 g/mol. The number of hydrogen-bond donors (Lipinski definition) is 2. The maximum Gasteiger partial charge on any atom is 0.276 e. The van der Waals surface area contributed by atoms with E-state index in [2.05, 4.69) is 15.6 Å². The van der Waals surface area contributed by atoms with E-state index in [4.69, 9.17) is 0 Å². The first-order valence-corrected chi connectivity index (χ1v) is 7.36. The zero-order valence-corrected chi connectivity index (χ0v) is 11.9. The van der Waals surface area contributed by atoms with Crippen LogP contribution in [0.25, 0.3) is 0 Å². The zero-order valence-electron chi connectivity index (χ0n) is 11.9. The number of rotatable bonds is 5. The van der Waals surface area contributed by atoms with E-state index in [9.17, 15) is 10.1 Å². The lowest BCUT2D eigenvalue weighted by Gasteiger charge is -2.17. The van der Waals surface area contributed by atoms with Gasteiger partial charge in [-0.05, 0) is 19.8 Å². The lowest BCUT2D eigenvalue weighted by molar-refractivity contribution is -0.384. The fourth-order valence-corrected chi connectivity index (χ4v) is 2.60. The van der Waals surface area contributed by atoms with Gasteiger partial charge >= 0.3 is 0 Å². The molecule has 0 radical (unpaired) electrons. The lowest BCUT2D eigenvalue weighted by atomic mass is 10.1. The first kappa shape index (κ1) is 14.6. The zero-order chi connectivity index (χ0) is 14.4. The van der Waals surface area contributed by atoms with E-state index in [0.717, 1.165) is 12.8 Å². The van der Waals surface area contributed by atoms with E-state index in [-0.39, 0.29) is 10.6 Å². The topological polar surface area (TPSA) is 80.1 Å². The van der Waals surface area contributed by atoms with Crippen LogP contribution in [-0.2, 0) is 0 Å². The summed E-state index contributed by atoms with van der Waals surface area (Å²) in [5, 5.41) is 17.4. The van der Waals surface area contributed by atoms with Crippen LogP contribution in [0.4, 0.5) is 17.3 Å². The second kappa shape index (κ2) is 7.07. The highest BCUT2D eigenvalue weighted by atomic mass is 16.6. The third kappa shape index (κ3) is 4.08. The average molecular weight is 278 g/mol. The van der Waals surface area contributed by atoms with Gasteiger partial charge in [0.2, 0.25) is 0 Å². The van der Waals surface area contributed by atoms with Gasteiger partial charge in [-0.1, -0.05) is 25.7 Å². The number of aromatic nitrogens is 1. The van der Waals surface area contributed by atoms with E-state index in [1.807, 2.05) is 6.92 Å². The van der Waals surface area contributed by atoms with Crippen molar-refractivity contribution in [3.05, 3.63) is 22.2 Å². The standard InChI is InChI=1S/C14H22N4O2/c1-2-15-13-9-12(18(19)20)10-14(17-13)16-11-7-5-3-4-6-8-11/h9-11H,2-8H2,1H3,(H2,15,16,17). The quantitative estimate of drug-likeness (QED) is 0.489. The second-order valence-electron chi connectivity index (χ2n) is 5.22. The Morgan fingerprint density at radius 2 is 1.90 bits per heavy atom. The van der Waals surface area contributed by atoms with Crippen molar-refractivity contribution in [3.63, 3.8) is 0 Å².